The Morgan fingerprint density at radius 2 is 1.30 bits per heavy atom. The molecular weight excluding hydrogens is 791 g/mol. The number of ether oxygens (including phenoxy) is 2. The molecule has 5 aromatic carbocycles. The van der Waals surface area contributed by atoms with Gasteiger partial charge < -0.3 is 23.9 Å². The first kappa shape index (κ1) is 44.5. The van der Waals surface area contributed by atoms with Crippen LogP contribution in [0.15, 0.2) is 114 Å². The maximum Gasteiger partial charge on any atom is 0.279 e. The second kappa shape index (κ2) is 21.4. The second-order valence-electron chi connectivity index (χ2n) is 15.4. The number of amides is 1. The van der Waals surface area contributed by atoms with E-state index in [-0.39, 0.29) is 17.8 Å². The highest BCUT2D eigenvalue weighted by Crippen LogP contribution is 2.33. The monoisotopic (exact) mass is 849 g/mol. The number of hydrogen-bond acceptors (Lipinski definition) is 8. The van der Waals surface area contributed by atoms with Gasteiger partial charge in [-0.25, -0.2) is 4.21 Å². The van der Waals surface area contributed by atoms with Gasteiger partial charge in [0.05, 0.1) is 16.7 Å². The third-order valence-electron chi connectivity index (χ3n) is 10.5. The third kappa shape index (κ3) is 12.0. The lowest BCUT2D eigenvalue weighted by atomic mass is 10.1. The summed E-state index contributed by atoms with van der Waals surface area (Å²) in [5, 5.41) is 19.6. The van der Waals surface area contributed by atoms with Crippen LogP contribution in [0.5, 0.6) is 28.7 Å². The minimum absolute atomic E-state index is 0.102. The Balaban J connectivity index is 0.000000282. The van der Waals surface area contributed by atoms with Crippen LogP contribution in [0.4, 0.5) is 5.69 Å². The second-order valence-corrected chi connectivity index (χ2v) is 16.5. The molecule has 13 heteroatoms. The Morgan fingerprint density at radius 1 is 0.721 bits per heavy atom. The maximum atomic E-state index is 13.2. The van der Waals surface area contributed by atoms with E-state index in [1.807, 2.05) is 83.4 Å². The summed E-state index contributed by atoms with van der Waals surface area (Å²) in [5.74, 6) is 1.83. The van der Waals surface area contributed by atoms with Crippen molar-refractivity contribution in [2.45, 2.75) is 116 Å². The molecule has 3 atom stereocenters. The number of unbranched alkanes of at least 4 members (excludes halogenated alkanes) is 7. The highest BCUT2D eigenvalue weighted by molar-refractivity contribution is 7.80. The summed E-state index contributed by atoms with van der Waals surface area (Å²) in [7, 11) is 0. The fourth-order valence-corrected chi connectivity index (χ4v) is 7.61. The molecule has 7 aromatic rings. The molecule has 2 aromatic heterocycles. The molecule has 0 saturated carbocycles. The predicted molar refractivity (Wildman–Crippen MR) is 242 cm³/mol. The quantitative estimate of drug-likeness (QED) is 0.0414. The van der Waals surface area contributed by atoms with E-state index in [0.29, 0.717) is 28.6 Å². The van der Waals surface area contributed by atoms with Gasteiger partial charge in [0.15, 0.2) is 6.10 Å². The van der Waals surface area contributed by atoms with Gasteiger partial charge in [0, 0.05) is 0 Å². The van der Waals surface area contributed by atoms with Gasteiger partial charge in [-0.3, -0.25) is 15.6 Å². The molecule has 0 aliphatic rings. The van der Waals surface area contributed by atoms with Crippen molar-refractivity contribution in [2.24, 2.45) is 0 Å². The number of carbonyl (C=O) groups excluding carboxylic acids is 1. The van der Waals surface area contributed by atoms with Gasteiger partial charge in [-0.05, 0) is 142 Å². The van der Waals surface area contributed by atoms with E-state index >= 15 is 0 Å². The van der Waals surface area contributed by atoms with Crippen LogP contribution in [0, 0.1) is 13.8 Å². The number of hydrazine groups is 1. The Bertz CT molecular complexity index is 2400. The number of carbonyl (C=O) groups is 1. The molecule has 2 heterocycles. The summed E-state index contributed by atoms with van der Waals surface area (Å²) in [6.07, 6.45) is 10.2. The molecule has 0 fully saturated rings. The molecule has 0 spiro atoms. The molecule has 324 valence electrons. The van der Waals surface area contributed by atoms with Crippen molar-refractivity contribution in [1.29, 1.82) is 0 Å². The molecule has 4 N–H and O–H groups in total. The van der Waals surface area contributed by atoms with Crippen molar-refractivity contribution < 1.29 is 32.9 Å². The number of fused-ring (bicyclic) bond motifs is 4. The van der Waals surface area contributed by atoms with Crippen LogP contribution >= 0.6 is 0 Å². The van der Waals surface area contributed by atoms with Gasteiger partial charge in [0.2, 0.25) is 11.1 Å². The first-order valence-corrected chi connectivity index (χ1v) is 22.4. The number of aryl methyl sites for hydroxylation is 2. The van der Waals surface area contributed by atoms with Crippen LogP contribution in [-0.4, -0.2) is 46.6 Å². The Labute approximate surface area is 361 Å². The Hall–Kier alpha value is -6.08. The highest BCUT2D eigenvalue weighted by Gasteiger charge is 2.26. The van der Waals surface area contributed by atoms with Gasteiger partial charge in [-0.15, -0.1) is 14.1 Å². The number of hydrogen-bond donors (Lipinski definition) is 4. The summed E-state index contributed by atoms with van der Waals surface area (Å²) in [4.78, 5) is 15.6. The SMILES string of the molecule is CCCCCCCCCCC(Oc1ccc(S(=O)Oc2ccc(O)cc2)cc1)C(=O)NNc1ccc(OC(C)CC)cc1.Cc1cc(C)c(O)c(-n2n3c4ccccc4n23)c1. The lowest BCUT2D eigenvalue weighted by molar-refractivity contribution is -0.127. The topological polar surface area (TPSA) is 140 Å². The smallest absolute Gasteiger partial charge is 0.279 e. The molecule has 0 bridgehead atoms. The average Bonchev–Trinajstić information content (AvgIpc) is 3.93. The third-order valence-corrected chi connectivity index (χ3v) is 11.5. The standard InChI is InChI=1S/C34H46N2O6S.C14H13N3O/c1-4-6-7-8-9-10-11-12-13-33(34(38)36-35-27-14-18-29(19-15-27)40-26(3)5-2)41-30-22-24-32(25-23-30)43(39)42-31-20-16-28(37)17-21-31;1-9-7-10(2)14(18)13(8-9)17-15-11-5-3-4-6-12(11)16(15)17/h14-26,33,35,37H,4-13H2,1-3H3,(H,36,38);3-8,18H,1-2H3. The number of nitrogens with one attached hydrogen (secondary N) is 2. The summed E-state index contributed by atoms with van der Waals surface area (Å²) in [6.45, 7) is 10.3. The highest BCUT2D eigenvalue weighted by atomic mass is 32.2. The molecule has 12 nitrogen and oxygen atoms in total. The zero-order chi connectivity index (χ0) is 43.3. The van der Waals surface area contributed by atoms with Crippen LogP contribution < -0.4 is 24.5 Å². The van der Waals surface area contributed by atoms with Gasteiger partial charge in [-0.2, -0.15) is 0 Å². The Morgan fingerprint density at radius 3 is 1.92 bits per heavy atom. The van der Waals surface area contributed by atoms with Gasteiger partial charge in [0.25, 0.3) is 5.91 Å². The predicted octanol–water partition coefficient (Wildman–Crippen LogP) is 10.8. The molecule has 3 unspecified atom stereocenters. The van der Waals surface area contributed by atoms with E-state index in [4.69, 9.17) is 13.7 Å². The number of nitrogens with zero attached hydrogens (tertiary/aromatic N) is 3. The van der Waals surface area contributed by atoms with E-state index in [0.717, 1.165) is 53.9 Å². The maximum absolute atomic E-state index is 13.2. The number of phenols is 2. The fourth-order valence-electron chi connectivity index (χ4n) is 6.87. The van der Waals surface area contributed by atoms with Crippen molar-refractivity contribution in [3.8, 4) is 34.4 Å². The zero-order valence-electron chi connectivity index (χ0n) is 35.8. The molecule has 61 heavy (non-hydrogen) atoms. The molecule has 0 aliphatic heterocycles. The van der Waals surface area contributed by atoms with Crippen LogP contribution in [-0.2, 0) is 15.9 Å². The van der Waals surface area contributed by atoms with Crippen molar-refractivity contribution in [3.63, 3.8) is 0 Å². The largest absolute Gasteiger partial charge is 0.508 e. The van der Waals surface area contributed by atoms with E-state index in [1.165, 1.54) is 55.3 Å². The summed E-state index contributed by atoms with van der Waals surface area (Å²) < 4.78 is 34.1. The average molecular weight is 850 g/mol. The van der Waals surface area contributed by atoms with E-state index in [2.05, 4.69) is 36.8 Å². The van der Waals surface area contributed by atoms with Crippen molar-refractivity contribution >= 4 is 33.7 Å². The van der Waals surface area contributed by atoms with Crippen LogP contribution in [0.3, 0.4) is 0 Å². The Kier molecular flexibility index (Phi) is 15.6. The van der Waals surface area contributed by atoms with Crippen LogP contribution in [0.2, 0.25) is 0 Å². The van der Waals surface area contributed by atoms with Gasteiger partial charge in [0.1, 0.15) is 45.5 Å². The minimum atomic E-state index is -1.75. The molecule has 0 radical (unpaired) electrons. The number of para-hydroxylation sites is 2. The molecular formula is C48H59N5O7S. The first-order chi connectivity index (χ1) is 29.6. The normalized spacial score (nSPS) is 12.7. The van der Waals surface area contributed by atoms with E-state index < -0.39 is 17.2 Å². The van der Waals surface area contributed by atoms with E-state index in [1.54, 1.807) is 36.4 Å². The van der Waals surface area contributed by atoms with Crippen molar-refractivity contribution in [1.82, 2.24) is 19.5 Å². The molecule has 0 aliphatic carbocycles. The number of aromatic hydroxyl groups is 2. The number of rotatable bonds is 21. The van der Waals surface area contributed by atoms with Gasteiger partial charge in [-0.1, -0.05) is 77.0 Å². The minimum Gasteiger partial charge on any atom is -0.508 e. The van der Waals surface area contributed by atoms with Crippen molar-refractivity contribution in [3.05, 3.63) is 120 Å². The van der Waals surface area contributed by atoms with Crippen LogP contribution in [0.25, 0.3) is 16.7 Å². The number of phenolic OH excluding ortho intramolecular Hbond substituents is 2. The number of benzene rings is 5. The van der Waals surface area contributed by atoms with Crippen LogP contribution in [0.1, 0.15) is 96.1 Å². The zero-order valence-corrected chi connectivity index (χ0v) is 36.6. The fraction of sp³-hybridized carbons (Fsp3) is 0.354. The molecule has 7 rings (SSSR count). The first-order valence-electron chi connectivity index (χ1n) is 21.3. The van der Waals surface area contributed by atoms with Crippen molar-refractivity contribution in [2.75, 3.05) is 5.43 Å². The lowest BCUT2D eigenvalue weighted by Gasteiger charge is -2.20. The lowest BCUT2D eigenvalue weighted by Crippen LogP contribution is -2.41. The summed E-state index contributed by atoms with van der Waals surface area (Å²) in [5.41, 5.74) is 11.7. The number of anilines is 1. The summed E-state index contributed by atoms with van der Waals surface area (Å²) in [6, 6.07) is 32.3. The van der Waals surface area contributed by atoms with E-state index in [9.17, 15) is 19.2 Å². The molecule has 0 saturated heterocycles. The number of aromatic nitrogens is 3. The van der Waals surface area contributed by atoms with Gasteiger partial charge >= 0.3 is 0 Å². The summed E-state index contributed by atoms with van der Waals surface area (Å²) >= 11 is -1.75. The molecule has 1 amide bonds.